The van der Waals surface area contributed by atoms with Crippen molar-refractivity contribution in [1.29, 1.82) is 0 Å². The second-order valence-corrected chi connectivity index (χ2v) is 9.60. The molecule has 2 heterocycles. The number of carbonyl (C=O) groups excluding carboxylic acids is 1. The van der Waals surface area contributed by atoms with Crippen LogP contribution in [0.3, 0.4) is 0 Å². The van der Waals surface area contributed by atoms with E-state index in [0.717, 1.165) is 43.0 Å². The fourth-order valence-corrected chi connectivity index (χ4v) is 5.87. The number of hydrogen-bond acceptors (Lipinski definition) is 4. The smallest absolute Gasteiger partial charge is 0.225 e. The number of benzene rings is 1. The normalized spacial score (nSPS) is 26.3. The number of nitrogens with zero attached hydrogens (tertiary/aromatic N) is 2. The molecule has 2 fully saturated rings. The molecule has 1 amide bonds. The molecule has 0 radical (unpaired) electrons. The number of carbonyl (C=O) groups is 1. The summed E-state index contributed by atoms with van der Waals surface area (Å²) in [4.78, 5) is 20.1. The third kappa shape index (κ3) is 3.98. The largest absolute Gasteiger partial charge is 0.353 e. The highest BCUT2D eigenvalue weighted by Crippen LogP contribution is 2.34. The van der Waals surface area contributed by atoms with Gasteiger partial charge in [0.2, 0.25) is 5.91 Å². The van der Waals surface area contributed by atoms with Gasteiger partial charge in [0.15, 0.2) is 5.13 Å². The van der Waals surface area contributed by atoms with Gasteiger partial charge >= 0.3 is 0 Å². The molecular formula is C22H31N3OS. The Morgan fingerprint density at radius 2 is 2.00 bits per heavy atom. The minimum absolute atomic E-state index is 0.0859. The van der Waals surface area contributed by atoms with Gasteiger partial charge in [-0.1, -0.05) is 37.2 Å². The lowest BCUT2D eigenvalue weighted by atomic mass is 9.85. The summed E-state index contributed by atoms with van der Waals surface area (Å²) in [6.07, 6.45) is 6.99. The van der Waals surface area contributed by atoms with Crippen molar-refractivity contribution in [1.82, 2.24) is 10.3 Å². The van der Waals surface area contributed by atoms with E-state index in [-0.39, 0.29) is 11.8 Å². The molecule has 1 saturated heterocycles. The van der Waals surface area contributed by atoms with Gasteiger partial charge in [0.05, 0.1) is 16.1 Å². The summed E-state index contributed by atoms with van der Waals surface area (Å²) < 4.78 is 1.25. The molecule has 1 aliphatic heterocycles. The molecule has 0 spiro atoms. The molecule has 1 N–H and O–H groups in total. The van der Waals surface area contributed by atoms with Crippen molar-refractivity contribution in [3.8, 4) is 0 Å². The summed E-state index contributed by atoms with van der Waals surface area (Å²) in [5.41, 5.74) is 3.64. The summed E-state index contributed by atoms with van der Waals surface area (Å²) in [6, 6.07) is 4.79. The van der Waals surface area contributed by atoms with Gasteiger partial charge in [-0.2, -0.15) is 0 Å². The summed E-state index contributed by atoms with van der Waals surface area (Å²) in [6.45, 7) is 8.35. The first kappa shape index (κ1) is 18.7. The standard InChI is InChI=1S/C22H31N3OS/c1-14-11-16(3)20-19(12-14)27-22(24-20)25-10-6-8-17(13-25)21(26)23-18-9-5-4-7-15(18)2/h11-12,15,17-18H,4-10,13H2,1-3H3,(H,23,26)/t15-,17+,18+/m1/s1. The van der Waals surface area contributed by atoms with E-state index in [2.05, 4.69) is 43.1 Å². The number of aromatic nitrogens is 1. The van der Waals surface area contributed by atoms with Gasteiger partial charge in [-0.15, -0.1) is 0 Å². The highest BCUT2D eigenvalue weighted by atomic mass is 32.1. The predicted molar refractivity (Wildman–Crippen MR) is 114 cm³/mol. The number of aryl methyl sites for hydroxylation is 2. The molecule has 146 valence electrons. The van der Waals surface area contributed by atoms with Crippen LogP contribution in [0.15, 0.2) is 12.1 Å². The highest BCUT2D eigenvalue weighted by Gasteiger charge is 2.30. The van der Waals surface area contributed by atoms with Crippen LogP contribution in [0.4, 0.5) is 5.13 Å². The number of amides is 1. The summed E-state index contributed by atoms with van der Waals surface area (Å²) in [5, 5.41) is 4.44. The van der Waals surface area contributed by atoms with E-state index in [0.29, 0.717) is 12.0 Å². The zero-order valence-corrected chi connectivity index (χ0v) is 17.6. The maximum absolute atomic E-state index is 12.9. The van der Waals surface area contributed by atoms with Gasteiger partial charge in [-0.05, 0) is 62.6 Å². The Labute approximate surface area is 166 Å². The summed E-state index contributed by atoms with van der Waals surface area (Å²) in [7, 11) is 0. The molecule has 4 rings (SSSR count). The molecular weight excluding hydrogens is 354 g/mol. The van der Waals surface area contributed by atoms with Crippen LogP contribution >= 0.6 is 11.3 Å². The molecule has 27 heavy (non-hydrogen) atoms. The van der Waals surface area contributed by atoms with Crippen LogP contribution in [0.5, 0.6) is 0 Å². The van der Waals surface area contributed by atoms with Crippen molar-refractivity contribution in [2.45, 2.75) is 65.3 Å². The van der Waals surface area contributed by atoms with Crippen LogP contribution in [0, 0.1) is 25.7 Å². The molecule has 2 aromatic rings. The minimum atomic E-state index is 0.0859. The molecule has 3 atom stereocenters. The lowest BCUT2D eigenvalue weighted by molar-refractivity contribution is -0.126. The van der Waals surface area contributed by atoms with Gasteiger partial charge in [0, 0.05) is 19.1 Å². The van der Waals surface area contributed by atoms with Crippen LogP contribution in [0.25, 0.3) is 10.2 Å². The maximum atomic E-state index is 12.9. The number of hydrogen-bond donors (Lipinski definition) is 1. The van der Waals surface area contributed by atoms with Crippen LogP contribution in [-0.2, 0) is 4.79 Å². The van der Waals surface area contributed by atoms with E-state index in [9.17, 15) is 4.79 Å². The Bertz CT molecular complexity index is 830. The van der Waals surface area contributed by atoms with Crippen molar-refractivity contribution in [3.63, 3.8) is 0 Å². The van der Waals surface area contributed by atoms with E-state index in [1.54, 1.807) is 11.3 Å². The zero-order valence-electron chi connectivity index (χ0n) is 16.8. The Balaban J connectivity index is 1.46. The molecule has 1 aromatic carbocycles. The quantitative estimate of drug-likeness (QED) is 0.823. The van der Waals surface area contributed by atoms with Crippen molar-refractivity contribution < 1.29 is 4.79 Å². The molecule has 2 aliphatic rings. The van der Waals surface area contributed by atoms with E-state index >= 15 is 0 Å². The SMILES string of the molecule is Cc1cc(C)c2nc(N3CCC[C@H](C(=O)N[C@H]4CCCC[C@H]4C)C3)sc2c1. The number of fused-ring (bicyclic) bond motifs is 1. The first-order chi connectivity index (χ1) is 13.0. The molecule has 5 heteroatoms. The van der Waals surface area contributed by atoms with E-state index < -0.39 is 0 Å². The van der Waals surface area contributed by atoms with Crippen molar-refractivity contribution in [2.24, 2.45) is 11.8 Å². The molecule has 1 saturated carbocycles. The molecule has 0 unspecified atom stereocenters. The number of piperidine rings is 1. The summed E-state index contributed by atoms with van der Waals surface area (Å²) >= 11 is 1.77. The van der Waals surface area contributed by atoms with E-state index in [1.807, 2.05) is 0 Å². The third-order valence-electron chi connectivity index (χ3n) is 6.32. The lowest BCUT2D eigenvalue weighted by Gasteiger charge is -2.35. The van der Waals surface area contributed by atoms with Crippen LogP contribution in [-0.4, -0.2) is 30.0 Å². The first-order valence-corrected chi connectivity index (χ1v) is 11.3. The number of rotatable bonds is 3. The predicted octanol–water partition coefficient (Wildman–Crippen LogP) is 4.82. The van der Waals surface area contributed by atoms with Crippen molar-refractivity contribution >= 4 is 32.6 Å². The Morgan fingerprint density at radius 3 is 2.81 bits per heavy atom. The number of anilines is 1. The lowest BCUT2D eigenvalue weighted by Crippen LogP contribution is -2.48. The average Bonchev–Trinajstić information content (AvgIpc) is 3.08. The van der Waals surface area contributed by atoms with Gasteiger partial charge in [0.1, 0.15) is 0 Å². The fourth-order valence-electron chi connectivity index (χ4n) is 4.69. The first-order valence-electron chi connectivity index (χ1n) is 10.4. The third-order valence-corrected chi connectivity index (χ3v) is 7.38. The Hall–Kier alpha value is -1.62. The Morgan fingerprint density at radius 1 is 1.19 bits per heavy atom. The van der Waals surface area contributed by atoms with Gasteiger partial charge in [-0.3, -0.25) is 4.79 Å². The van der Waals surface area contributed by atoms with Crippen LogP contribution < -0.4 is 10.2 Å². The maximum Gasteiger partial charge on any atom is 0.225 e. The van der Waals surface area contributed by atoms with Gasteiger partial charge < -0.3 is 10.2 Å². The van der Waals surface area contributed by atoms with Crippen LogP contribution in [0.2, 0.25) is 0 Å². The van der Waals surface area contributed by atoms with Crippen molar-refractivity contribution in [3.05, 3.63) is 23.3 Å². The summed E-state index contributed by atoms with van der Waals surface area (Å²) in [5.74, 6) is 0.951. The van der Waals surface area contributed by atoms with E-state index in [4.69, 9.17) is 4.98 Å². The van der Waals surface area contributed by atoms with Crippen LogP contribution in [0.1, 0.15) is 56.6 Å². The highest BCUT2D eigenvalue weighted by molar-refractivity contribution is 7.22. The fraction of sp³-hybridized carbons (Fsp3) is 0.636. The van der Waals surface area contributed by atoms with Gasteiger partial charge in [-0.25, -0.2) is 4.98 Å². The average molecular weight is 386 g/mol. The second kappa shape index (κ2) is 7.78. The minimum Gasteiger partial charge on any atom is -0.353 e. The Kier molecular flexibility index (Phi) is 5.40. The zero-order chi connectivity index (χ0) is 19.0. The topological polar surface area (TPSA) is 45.2 Å². The van der Waals surface area contributed by atoms with E-state index in [1.165, 1.54) is 35.1 Å². The monoisotopic (exact) mass is 385 g/mol. The number of nitrogens with one attached hydrogen (secondary N) is 1. The van der Waals surface area contributed by atoms with Crippen molar-refractivity contribution in [2.75, 3.05) is 18.0 Å². The molecule has 4 nitrogen and oxygen atoms in total. The second-order valence-electron chi connectivity index (χ2n) is 8.59. The molecule has 1 aromatic heterocycles. The van der Waals surface area contributed by atoms with Gasteiger partial charge in [0.25, 0.3) is 0 Å². The molecule has 0 bridgehead atoms. The molecule has 1 aliphatic carbocycles. The number of thiazole rings is 1.